The van der Waals surface area contributed by atoms with Crippen LogP contribution in [0, 0.1) is 0 Å². The molecule has 0 saturated carbocycles. The van der Waals surface area contributed by atoms with Gasteiger partial charge in [-0.25, -0.2) is 0 Å². The van der Waals surface area contributed by atoms with Crippen molar-refractivity contribution in [3.8, 4) is 0 Å². The van der Waals surface area contributed by atoms with E-state index in [1.807, 2.05) is 0 Å². The van der Waals surface area contributed by atoms with Crippen LogP contribution in [0.5, 0.6) is 0 Å². The molecule has 2 aromatic rings. The molecule has 0 saturated heterocycles. The average molecular weight is 358 g/mol. The van der Waals surface area contributed by atoms with Crippen molar-refractivity contribution >= 4 is 58.1 Å². The quantitative estimate of drug-likeness (QED) is 0.826. The molecule has 2 N–H and O–H groups in total. The number of hydrogen-bond acceptors (Lipinski definition) is 5. The van der Waals surface area contributed by atoms with E-state index in [1.54, 1.807) is 12.1 Å². The molecular formula is C13H9Cl2N3O3S. The van der Waals surface area contributed by atoms with E-state index in [-0.39, 0.29) is 26.5 Å². The van der Waals surface area contributed by atoms with Crippen LogP contribution in [0.3, 0.4) is 0 Å². The van der Waals surface area contributed by atoms with Crippen LogP contribution in [0.2, 0.25) is 10.2 Å². The maximum absolute atomic E-state index is 12.0. The van der Waals surface area contributed by atoms with Gasteiger partial charge in [0.15, 0.2) is 5.15 Å². The number of anilines is 1. The Kier molecular flexibility index (Phi) is 5.12. The number of imide groups is 1. The number of halogens is 2. The smallest absolute Gasteiger partial charge is 0.271 e. The second-order valence-corrected chi connectivity index (χ2v) is 5.67. The number of nitrogens with zero attached hydrogens (tertiary/aromatic N) is 1. The van der Waals surface area contributed by atoms with Gasteiger partial charge in [-0.1, -0.05) is 29.3 Å². The third-order valence-electron chi connectivity index (χ3n) is 2.48. The van der Waals surface area contributed by atoms with Gasteiger partial charge in [0.1, 0.15) is 9.90 Å². The molecule has 114 valence electrons. The molecule has 3 amide bonds. The molecule has 0 bridgehead atoms. The SMILES string of the molecule is CC(=O)Nc1cccc(C(=O)NC(=O)c2snc(Cl)c2Cl)c1. The highest BCUT2D eigenvalue weighted by atomic mass is 35.5. The summed E-state index contributed by atoms with van der Waals surface area (Å²) in [5.74, 6) is -1.58. The van der Waals surface area contributed by atoms with E-state index in [4.69, 9.17) is 23.2 Å². The summed E-state index contributed by atoms with van der Waals surface area (Å²) in [6.45, 7) is 1.35. The van der Waals surface area contributed by atoms with Gasteiger partial charge in [-0.15, -0.1) is 0 Å². The summed E-state index contributed by atoms with van der Waals surface area (Å²) in [7, 11) is 0. The zero-order valence-electron chi connectivity index (χ0n) is 11.1. The number of aromatic nitrogens is 1. The van der Waals surface area contributed by atoms with E-state index in [2.05, 4.69) is 15.0 Å². The van der Waals surface area contributed by atoms with Gasteiger partial charge in [-0.3, -0.25) is 19.7 Å². The average Bonchev–Trinajstić information content (AvgIpc) is 2.78. The lowest BCUT2D eigenvalue weighted by atomic mass is 10.2. The Balaban J connectivity index is 2.13. The van der Waals surface area contributed by atoms with Crippen LogP contribution in [-0.2, 0) is 4.79 Å². The number of carbonyl (C=O) groups excluding carboxylic acids is 3. The summed E-state index contributed by atoms with van der Waals surface area (Å²) in [4.78, 5) is 35.1. The Morgan fingerprint density at radius 2 is 1.91 bits per heavy atom. The fourth-order valence-corrected chi connectivity index (χ4v) is 2.68. The van der Waals surface area contributed by atoms with Crippen molar-refractivity contribution in [3.63, 3.8) is 0 Å². The number of benzene rings is 1. The number of rotatable bonds is 3. The maximum atomic E-state index is 12.0. The third kappa shape index (κ3) is 3.82. The van der Waals surface area contributed by atoms with Crippen LogP contribution >= 0.6 is 34.7 Å². The molecule has 1 aromatic heterocycles. The summed E-state index contributed by atoms with van der Waals surface area (Å²) in [6, 6.07) is 6.17. The number of hydrogen-bond donors (Lipinski definition) is 2. The molecule has 9 heteroatoms. The second-order valence-electron chi connectivity index (χ2n) is 4.16. The summed E-state index contributed by atoms with van der Waals surface area (Å²) < 4.78 is 3.72. The largest absolute Gasteiger partial charge is 0.326 e. The van der Waals surface area contributed by atoms with Gasteiger partial charge in [0.2, 0.25) is 5.91 Å². The minimum absolute atomic E-state index is 0.00367. The monoisotopic (exact) mass is 357 g/mol. The molecule has 0 aliphatic heterocycles. The lowest BCUT2D eigenvalue weighted by Crippen LogP contribution is -2.30. The molecule has 0 fully saturated rings. The van der Waals surface area contributed by atoms with Crippen molar-refractivity contribution in [3.05, 3.63) is 44.9 Å². The first kappa shape index (κ1) is 16.4. The Hall–Kier alpha value is -1.96. The van der Waals surface area contributed by atoms with Crippen LogP contribution in [0.1, 0.15) is 27.0 Å². The van der Waals surface area contributed by atoms with Crippen molar-refractivity contribution in [2.75, 3.05) is 5.32 Å². The second kappa shape index (κ2) is 6.87. The highest BCUT2D eigenvalue weighted by Gasteiger charge is 2.20. The number of amides is 3. The van der Waals surface area contributed by atoms with E-state index < -0.39 is 11.8 Å². The maximum Gasteiger partial charge on any atom is 0.271 e. The Bertz CT molecular complexity index is 761. The third-order valence-corrected chi connectivity index (χ3v) is 4.27. The highest BCUT2D eigenvalue weighted by Crippen LogP contribution is 2.28. The van der Waals surface area contributed by atoms with Crippen LogP contribution in [0.4, 0.5) is 5.69 Å². The van der Waals surface area contributed by atoms with Crippen LogP contribution < -0.4 is 10.6 Å². The molecule has 0 radical (unpaired) electrons. The van der Waals surface area contributed by atoms with Crippen LogP contribution in [0.25, 0.3) is 0 Å². The van der Waals surface area contributed by atoms with E-state index in [0.29, 0.717) is 5.69 Å². The first-order valence-corrected chi connectivity index (χ1v) is 7.45. The minimum Gasteiger partial charge on any atom is -0.326 e. The molecule has 1 aromatic carbocycles. The Morgan fingerprint density at radius 3 is 2.50 bits per heavy atom. The molecule has 6 nitrogen and oxygen atoms in total. The Morgan fingerprint density at radius 1 is 1.18 bits per heavy atom. The van der Waals surface area contributed by atoms with Gasteiger partial charge in [0.05, 0.1) is 0 Å². The highest BCUT2D eigenvalue weighted by molar-refractivity contribution is 7.09. The van der Waals surface area contributed by atoms with Crippen LogP contribution in [0.15, 0.2) is 24.3 Å². The molecule has 0 spiro atoms. The first-order valence-electron chi connectivity index (χ1n) is 5.92. The summed E-state index contributed by atoms with van der Waals surface area (Å²) in [5.41, 5.74) is 0.665. The number of carbonyl (C=O) groups is 3. The van der Waals surface area contributed by atoms with E-state index in [0.717, 1.165) is 11.5 Å². The van der Waals surface area contributed by atoms with Crippen molar-refractivity contribution < 1.29 is 14.4 Å². The van der Waals surface area contributed by atoms with Crippen molar-refractivity contribution in [1.29, 1.82) is 0 Å². The molecule has 0 unspecified atom stereocenters. The first-order chi connectivity index (χ1) is 10.4. The molecular weight excluding hydrogens is 349 g/mol. The van der Waals surface area contributed by atoms with Gasteiger partial charge in [-0.2, -0.15) is 4.37 Å². The molecule has 22 heavy (non-hydrogen) atoms. The standard InChI is InChI=1S/C13H9Cl2N3O3S/c1-6(19)16-8-4-2-3-7(5-8)12(20)17-13(21)10-9(14)11(15)18-22-10/h2-5H,1H3,(H,16,19)(H,17,20,21). The summed E-state index contributed by atoms with van der Waals surface area (Å²) >= 11 is 12.3. The molecule has 1 heterocycles. The van der Waals surface area contributed by atoms with E-state index in [9.17, 15) is 14.4 Å². The zero-order chi connectivity index (χ0) is 16.3. The van der Waals surface area contributed by atoms with E-state index >= 15 is 0 Å². The summed E-state index contributed by atoms with van der Waals surface area (Å²) in [5, 5.41) is 4.75. The fraction of sp³-hybridized carbons (Fsp3) is 0.0769. The fourth-order valence-electron chi connectivity index (χ4n) is 1.57. The normalized spacial score (nSPS) is 10.1. The van der Waals surface area contributed by atoms with Gasteiger partial charge in [0.25, 0.3) is 11.8 Å². The topological polar surface area (TPSA) is 88.2 Å². The predicted octanol–water partition coefficient (Wildman–Crippen LogP) is 2.98. The molecule has 0 atom stereocenters. The van der Waals surface area contributed by atoms with Crippen molar-refractivity contribution in [1.82, 2.24) is 9.69 Å². The van der Waals surface area contributed by atoms with Gasteiger partial charge in [0, 0.05) is 18.2 Å². The minimum atomic E-state index is -0.690. The van der Waals surface area contributed by atoms with Crippen molar-refractivity contribution in [2.24, 2.45) is 0 Å². The molecule has 0 aliphatic carbocycles. The van der Waals surface area contributed by atoms with Crippen LogP contribution in [-0.4, -0.2) is 22.1 Å². The van der Waals surface area contributed by atoms with Gasteiger partial charge < -0.3 is 5.32 Å². The molecule has 2 rings (SSSR count). The lowest BCUT2D eigenvalue weighted by molar-refractivity contribution is -0.114. The number of nitrogens with one attached hydrogen (secondary N) is 2. The zero-order valence-corrected chi connectivity index (χ0v) is 13.5. The molecule has 0 aliphatic rings. The van der Waals surface area contributed by atoms with Gasteiger partial charge in [-0.05, 0) is 29.7 Å². The Labute approximate surface area is 139 Å². The predicted molar refractivity (Wildman–Crippen MR) is 84.7 cm³/mol. The van der Waals surface area contributed by atoms with Gasteiger partial charge >= 0.3 is 0 Å². The van der Waals surface area contributed by atoms with Crippen molar-refractivity contribution in [2.45, 2.75) is 6.92 Å². The lowest BCUT2D eigenvalue weighted by Gasteiger charge is -2.06. The van der Waals surface area contributed by atoms with E-state index in [1.165, 1.54) is 19.1 Å². The summed E-state index contributed by atoms with van der Waals surface area (Å²) in [6.07, 6.45) is 0.